The van der Waals surface area contributed by atoms with E-state index in [4.69, 9.17) is 5.11 Å². The quantitative estimate of drug-likeness (QED) is 0.790. The molecule has 0 heterocycles. The fourth-order valence-electron chi connectivity index (χ4n) is 1.96. The van der Waals surface area contributed by atoms with Crippen LogP contribution < -0.4 is 5.32 Å². The van der Waals surface area contributed by atoms with Crippen molar-refractivity contribution < 1.29 is 5.11 Å². The normalized spacial score (nSPS) is 26.3. The highest BCUT2D eigenvalue weighted by molar-refractivity contribution is 5.26. The third-order valence-electron chi connectivity index (χ3n) is 3.09. The minimum absolute atomic E-state index is 0.343. The molecule has 1 aromatic carbocycles. The molecule has 1 aliphatic rings. The lowest BCUT2D eigenvalue weighted by Crippen LogP contribution is -2.30. The summed E-state index contributed by atoms with van der Waals surface area (Å²) in [6.45, 7) is 4.50. The van der Waals surface area contributed by atoms with E-state index in [1.807, 2.05) is 12.1 Å². The Balaban J connectivity index is 1.82. The summed E-state index contributed by atoms with van der Waals surface area (Å²) < 4.78 is 0. The maximum atomic E-state index is 9.17. The van der Waals surface area contributed by atoms with Gasteiger partial charge in [0.2, 0.25) is 0 Å². The molecular formula is C13H19NO. The maximum absolute atomic E-state index is 9.17. The van der Waals surface area contributed by atoms with Crippen molar-refractivity contribution in [2.24, 2.45) is 5.92 Å². The van der Waals surface area contributed by atoms with Gasteiger partial charge in [0.25, 0.3) is 0 Å². The first-order valence-electron chi connectivity index (χ1n) is 5.69. The number of aromatic hydroxyl groups is 1. The van der Waals surface area contributed by atoms with Crippen LogP contribution in [-0.4, -0.2) is 17.2 Å². The van der Waals surface area contributed by atoms with Gasteiger partial charge in [-0.05, 0) is 43.4 Å². The number of benzene rings is 1. The molecule has 0 spiro atoms. The van der Waals surface area contributed by atoms with Gasteiger partial charge in [0.15, 0.2) is 0 Å². The van der Waals surface area contributed by atoms with Crippen LogP contribution in [-0.2, 0) is 6.42 Å². The minimum atomic E-state index is 0.343. The molecule has 1 aliphatic carbocycles. The molecule has 3 atom stereocenters. The molecule has 2 heteroatoms. The van der Waals surface area contributed by atoms with Crippen LogP contribution in [0.25, 0.3) is 0 Å². The third-order valence-corrected chi connectivity index (χ3v) is 3.09. The highest BCUT2D eigenvalue weighted by Crippen LogP contribution is 2.29. The fraction of sp³-hybridized carbons (Fsp3) is 0.538. The van der Waals surface area contributed by atoms with E-state index < -0.39 is 0 Å². The molecule has 0 bridgehead atoms. The SMILES string of the molecule is CC(Cc1ccc(O)cc1)NC1CC1C. The zero-order valence-corrected chi connectivity index (χ0v) is 9.40. The van der Waals surface area contributed by atoms with E-state index in [-0.39, 0.29) is 0 Å². The van der Waals surface area contributed by atoms with E-state index in [1.165, 1.54) is 12.0 Å². The number of nitrogens with one attached hydrogen (secondary N) is 1. The van der Waals surface area contributed by atoms with Crippen LogP contribution in [0, 0.1) is 5.92 Å². The molecule has 2 nitrogen and oxygen atoms in total. The Kier molecular flexibility index (Phi) is 2.96. The van der Waals surface area contributed by atoms with Gasteiger partial charge in [-0.3, -0.25) is 0 Å². The number of hydrogen-bond acceptors (Lipinski definition) is 2. The van der Waals surface area contributed by atoms with E-state index >= 15 is 0 Å². The van der Waals surface area contributed by atoms with Crippen molar-refractivity contribution in [1.29, 1.82) is 0 Å². The number of rotatable bonds is 4. The molecule has 0 amide bonds. The van der Waals surface area contributed by atoms with Crippen molar-refractivity contribution in [3.8, 4) is 5.75 Å². The minimum Gasteiger partial charge on any atom is -0.508 e. The standard InChI is InChI=1S/C13H19NO/c1-9-7-13(9)14-10(2)8-11-3-5-12(15)6-4-11/h3-6,9-10,13-15H,7-8H2,1-2H3. The lowest BCUT2D eigenvalue weighted by atomic mass is 10.1. The van der Waals surface area contributed by atoms with Gasteiger partial charge in [-0.2, -0.15) is 0 Å². The maximum Gasteiger partial charge on any atom is 0.115 e. The van der Waals surface area contributed by atoms with Crippen molar-refractivity contribution >= 4 is 0 Å². The smallest absolute Gasteiger partial charge is 0.115 e. The van der Waals surface area contributed by atoms with Crippen molar-refractivity contribution in [1.82, 2.24) is 5.32 Å². The van der Waals surface area contributed by atoms with Crippen LogP contribution in [0.1, 0.15) is 25.8 Å². The van der Waals surface area contributed by atoms with Crippen molar-refractivity contribution in [2.45, 2.75) is 38.8 Å². The van der Waals surface area contributed by atoms with Gasteiger partial charge < -0.3 is 10.4 Å². The predicted molar refractivity (Wildman–Crippen MR) is 62.0 cm³/mol. The molecule has 0 aliphatic heterocycles. The first-order chi connectivity index (χ1) is 7.15. The van der Waals surface area contributed by atoms with Crippen LogP contribution >= 0.6 is 0 Å². The monoisotopic (exact) mass is 205 g/mol. The Morgan fingerprint density at radius 2 is 2.00 bits per heavy atom. The summed E-state index contributed by atoms with van der Waals surface area (Å²) in [4.78, 5) is 0. The topological polar surface area (TPSA) is 32.3 Å². The molecule has 0 radical (unpaired) electrons. The van der Waals surface area contributed by atoms with E-state index in [0.717, 1.165) is 18.4 Å². The fourth-order valence-corrected chi connectivity index (χ4v) is 1.96. The molecular weight excluding hydrogens is 186 g/mol. The molecule has 1 aromatic rings. The molecule has 0 saturated heterocycles. The molecule has 82 valence electrons. The van der Waals surface area contributed by atoms with Crippen LogP contribution in [0.15, 0.2) is 24.3 Å². The molecule has 2 rings (SSSR count). The van der Waals surface area contributed by atoms with Crippen LogP contribution in [0.4, 0.5) is 0 Å². The third kappa shape index (κ3) is 2.96. The van der Waals surface area contributed by atoms with Gasteiger partial charge in [-0.15, -0.1) is 0 Å². The van der Waals surface area contributed by atoms with Gasteiger partial charge in [0.05, 0.1) is 0 Å². The predicted octanol–water partition coefficient (Wildman–Crippen LogP) is 2.32. The Morgan fingerprint density at radius 1 is 1.40 bits per heavy atom. The van der Waals surface area contributed by atoms with Crippen LogP contribution in [0.3, 0.4) is 0 Å². The largest absolute Gasteiger partial charge is 0.508 e. The van der Waals surface area contributed by atoms with Crippen molar-refractivity contribution in [2.75, 3.05) is 0 Å². The molecule has 1 saturated carbocycles. The summed E-state index contributed by atoms with van der Waals surface area (Å²) in [5.74, 6) is 1.20. The second-order valence-electron chi connectivity index (χ2n) is 4.76. The van der Waals surface area contributed by atoms with E-state index in [0.29, 0.717) is 11.8 Å². The van der Waals surface area contributed by atoms with Crippen LogP contribution in [0.5, 0.6) is 5.75 Å². The Morgan fingerprint density at radius 3 is 2.53 bits per heavy atom. The Hall–Kier alpha value is -1.02. The second-order valence-corrected chi connectivity index (χ2v) is 4.76. The highest BCUT2D eigenvalue weighted by Gasteiger charge is 2.32. The zero-order chi connectivity index (χ0) is 10.8. The van der Waals surface area contributed by atoms with Gasteiger partial charge in [-0.25, -0.2) is 0 Å². The number of phenolic OH excluding ortho intramolecular Hbond substituents is 1. The first kappa shape index (κ1) is 10.5. The molecule has 2 N–H and O–H groups in total. The van der Waals surface area contributed by atoms with Gasteiger partial charge in [0.1, 0.15) is 5.75 Å². The lowest BCUT2D eigenvalue weighted by Gasteiger charge is -2.13. The van der Waals surface area contributed by atoms with Crippen molar-refractivity contribution in [3.63, 3.8) is 0 Å². The van der Waals surface area contributed by atoms with E-state index in [1.54, 1.807) is 12.1 Å². The van der Waals surface area contributed by atoms with Gasteiger partial charge in [-0.1, -0.05) is 19.1 Å². The molecule has 3 unspecified atom stereocenters. The summed E-state index contributed by atoms with van der Waals surface area (Å²) in [5, 5.41) is 12.8. The first-order valence-corrected chi connectivity index (χ1v) is 5.69. The highest BCUT2D eigenvalue weighted by atomic mass is 16.3. The average Bonchev–Trinajstić information content (AvgIpc) is 2.86. The summed E-state index contributed by atoms with van der Waals surface area (Å²) in [5.41, 5.74) is 1.28. The summed E-state index contributed by atoms with van der Waals surface area (Å²) in [6.07, 6.45) is 2.35. The second kappa shape index (κ2) is 4.23. The zero-order valence-electron chi connectivity index (χ0n) is 9.40. The van der Waals surface area contributed by atoms with E-state index in [9.17, 15) is 0 Å². The van der Waals surface area contributed by atoms with Crippen LogP contribution in [0.2, 0.25) is 0 Å². The lowest BCUT2D eigenvalue weighted by molar-refractivity contribution is 0.474. The average molecular weight is 205 g/mol. The van der Waals surface area contributed by atoms with Gasteiger partial charge >= 0.3 is 0 Å². The Bertz CT molecular complexity index is 320. The summed E-state index contributed by atoms with van der Waals surface area (Å²) >= 11 is 0. The Labute approximate surface area is 91.3 Å². The summed E-state index contributed by atoms with van der Waals surface area (Å²) in [6, 6.07) is 8.73. The molecule has 0 aromatic heterocycles. The molecule has 15 heavy (non-hydrogen) atoms. The summed E-state index contributed by atoms with van der Waals surface area (Å²) in [7, 11) is 0. The molecule has 1 fully saturated rings. The van der Waals surface area contributed by atoms with Crippen molar-refractivity contribution in [3.05, 3.63) is 29.8 Å². The van der Waals surface area contributed by atoms with Gasteiger partial charge in [0, 0.05) is 12.1 Å². The number of phenols is 1. The van der Waals surface area contributed by atoms with E-state index in [2.05, 4.69) is 19.2 Å². The number of hydrogen-bond donors (Lipinski definition) is 2.